The molecule has 2 aromatic heterocycles. The number of carbonyl (C=O) groups excluding carboxylic acids is 1. The van der Waals surface area contributed by atoms with Gasteiger partial charge < -0.3 is 15.6 Å². The molecule has 1 amide bonds. The first-order valence-electron chi connectivity index (χ1n) is 10.3. The van der Waals surface area contributed by atoms with E-state index in [0.717, 1.165) is 42.5 Å². The Morgan fingerprint density at radius 2 is 2.17 bits per heavy atom. The summed E-state index contributed by atoms with van der Waals surface area (Å²) in [5.74, 6) is 0.927. The van der Waals surface area contributed by atoms with Crippen molar-refractivity contribution in [3.8, 4) is 5.82 Å². The Labute approximate surface area is 173 Å². The van der Waals surface area contributed by atoms with E-state index in [0.29, 0.717) is 28.1 Å². The van der Waals surface area contributed by atoms with Gasteiger partial charge in [0, 0.05) is 11.5 Å². The molecule has 5 rings (SSSR count). The lowest BCUT2D eigenvalue weighted by molar-refractivity contribution is -0.605. The van der Waals surface area contributed by atoms with Crippen LogP contribution in [0.4, 0.5) is 0 Å². The van der Waals surface area contributed by atoms with Crippen molar-refractivity contribution < 1.29 is 14.6 Å². The maximum Gasteiger partial charge on any atom is 0.272 e. The Bertz CT molecular complexity index is 1080. The number of fused-ring (bicyclic) bond motifs is 3. The van der Waals surface area contributed by atoms with Crippen molar-refractivity contribution in [3.63, 3.8) is 0 Å². The second-order valence-electron chi connectivity index (χ2n) is 8.02. The maximum absolute atomic E-state index is 13.2. The Morgan fingerprint density at radius 3 is 2.93 bits per heavy atom. The SMILES string of the molecule is O=C(N[C@H](CO)c1ccccc1)c1nn(-c2c[n+]([O-])ccn2)c2c1C[C@@H]1CCC[C@H]21. The van der Waals surface area contributed by atoms with Gasteiger partial charge in [-0.3, -0.25) is 4.79 Å². The summed E-state index contributed by atoms with van der Waals surface area (Å²) in [7, 11) is 0. The molecule has 8 nitrogen and oxygen atoms in total. The topological polar surface area (TPSA) is 107 Å². The van der Waals surface area contributed by atoms with Crippen molar-refractivity contribution in [2.75, 3.05) is 6.61 Å². The minimum absolute atomic E-state index is 0.208. The van der Waals surface area contributed by atoms with Gasteiger partial charge in [0.05, 0.1) is 24.5 Å². The lowest BCUT2D eigenvalue weighted by atomic mass is 9.99. The molecule has 30 heavy (non-hydrogen) atoms. The lowest BCUT2D eigenvalue weighted by Gasteiger charge is -2.16. The maximum atomic E-state index is 13.2. The summed E-state index contributed by atoms with van der Waals surface area (Å²) >= 11 is 0. The molecule has 3 aromatic rings. The number of carbonyl (C=O) groups is 1. The first-order valence-corrected chi connectivity index (χ1v) is 10.3. The predicted octanol–water partition coefficient (Wildman–Crippen LogP) is 1.80. The molecule has 2 N–H and O–H groups in total. The Morgan fingerprint density at radius 1 is 1.33 bits per heavy atom. The number of nitrogens with one attached hydrogen (secondary N) is 1. The van der Waals surface area contributed by atoms with Gasteiger partial charge in [-0.15, -0.1) is 0 Å². The molecule has 0 aliphatic heterocycles. The predicted molar refractivity (Wildman–Crippen MR) is 108 cm³/mol. The summed E-state index contributed by atoms with van der Waals surface area (Å²) in [6.45, 7) is -0.208. The average molecular weight is 405 g/mol. The third-order valence-corrected chi connectivity index (χ3v) is 6.28. The molecule has 8 heteroatoms. The van der Waals surface area contributed by atoms with Crippen LogP contribution in [0.1, 0.15) is 58.5 Å². The van der Waals surface area contributed by atoms with Gasteiger partial charge in [0.25, 0.3) is 5.91 Å². The zero-order valence-electron chi connectivity index (χ0n) is 16.4. The number of aliphatic hydroxyl groups is 1. The van der Waals surface area contributed by atoms with E-state index < -0.39 is 6.04 Å². The summed E-state index contributed by atoms with van der Waals surface area (Å²) in [4.78, 5) is 17.5. The van der Waals surface area contributed by atoms with E-state index in [1.807, 2.05) is 30.3 Å². The fourth-order valence-electron chi connectivity index (χ4n) is 4.93. The quantitative estimate of drug-likeness (QED) is 0.497. The summed E-state index contributed by atoms with van der Waals surface area (Å²) in [5.41, 5.74) is 3.13. The highest BCUT2D eigenvalue weighted by Crippen LogP contribution is 2.49. The van der Waals surface area contributed by atoms with E-state index in [2.05, 4.69) is 15.4 Å². The second kappa shape index (κ2) is 7.53. The number of nitrogens with zero attached hydrogens (tertiary/aromatic N) is 4. The van der Waals surface area contributed by atoms with E-state index in [1.54, 1.807) is 4.68 Å². The van der Waals surface area contributed by atoms with Gasteiger partial charge in [0.2, 0.25) is 12.0 Å². The number of hydrogen-bond acceptors (Lipinski definition) is 5. The number of benzene rings is 1. The third-order valence-electron chi connectivity index (χ3n) is 6.28. The summed E-state index contributed by atoms with van der Waals surface area (Å²) in [6.07, 6.45) is 8.29. The molecule has 154 valence electrons. The van der Waals surface area contributed by atoms with Crippen molar-refractivity contribution in [2.45, 2.75) is 37.6 Å². The zero-order chi connectivity index (χ0) is 20.7. The summed E-state index contributed by atoms with van der Waals surface area (Å²) < 4.78 is 2.36. The van der Waals surface area contributed by atoms with Crippen molar-refractivity contribution >= 4 is 5.91 Å². The number of hydrogen-bond donors (Lipinski definition) is 2. The van der Waals surface area contributed by atoms with E-state index in [4.69, 9.17) is 0 Å². The molecule has 0 saturated heterocycles. The van der Waals surface area contributed by atoms with Crippen LogP contribution in [0.25, 0.3) is 5.82 Å². The Balaban J connectivity index is 1.53. The average Bonchev–Trinajstić information content (AvgIpc) is 3.44. The molecule has 0 bridgehead atoms. The molecular weight excluding hydrogens is 382 g/mol. The molecule has 2 heterocycles. The first kappa shape index (κ1) is 18.7. The third kappa shape index (κ3) is 3.13. The van der Waals surface area contributed by atoms with Crippen molar-refractivity contribution in [1.82, 2.24) is 20.1 Å². The van der Waals surface area contributed by atoms with Crippen molar-refractivity contribution in [1.29, 1.82) is 0 Å². The van der Waals surface area contributed by atoms with Gasteiger partial charge in [0.1, 0.15) is 0 Å². The fourth-order valence-corrected chi connectivity index (χ4v) is 4.93. The highest BCUT2D eigenvalue weighted by molar-refractivity contribution is 5.94. The molecule has 1 aromatic carbocycles. The second-order valence-corrected chi connectivity index (χ2v) is 8.02. The molecule has 1 saturated carbocycles. The smallest absolute Gasteiger partial charge is 0.272 e. The van der Waals surface area contributed by atoms with Crippen LogP contribution in [0, 0.1) is 11.1 Å². The van der Waals surface area contributed by atoms with E-state index in [-0.39, 0.29) is 12.5 Å². The number of aromatic nitrogens is 4. The zero-order valence-corrected chi connectivity index (χ0v) is 16.4. The van der Waals surface area contributed by atoms with Crippen LogP contribution in [-0.2, 0) is 6.42 Å². The van der Waals surface area contributed by atoms with E-state index in [9.17, 15) is 15.1 Å². The highest BCUT2D eigenvalue weighted by atomic mass is 16.5. The number of rotatable bonds is 5. The molecule has 0 radical (unpaired) electrons. The van der Waals surface area contributed by atoms with Crippen LogP contribution in [0.15, 0.2) is 48.9 Å². The monoisotopic (exact) mass is 405 g/mol. The lowest BCUT2D eigenvalue weighted by Crippen LogP contribution is -2.32. The standard InChI is InChI=1S/C22H23N5O3/c28-13-18(14-5-2-1-3-6-14)24-22(29)20-17-11-15-7-4-8-16(15)21(17)27(25-20)19-12-26(30)10-9-23-19/h1-3,5-6,9-10,12,15-16,18,28H,4,7-8,11,13H2,(H,24,29)/t15-,16-,18+/m0/s1. The van der Waals surface area contributed by atoms with Crippen LogP contribution in [0.5, 0.6) is 0 Å². The number of aliphatic hydroxyl groups excluding tert-OH is 1. The molecule has 2 aliphatic rings. The normalized spacial score (nSPS) is 20.6. The van der Waals surface area contributed by atoms with Crippen LogP contribution in [-0.4, -0.2) is 32.4 Å². The highest BCUT2D eigenvalue weighted by Gasteiger charge is 2.43. The van der Waals surface area contributed by atoms with Crippen LogP contribution in [0.2, 0.25) is 0 Å². The summed E-state index contributed by atoms with van der Waals surface area (Å²) in [5, 5.41) is 29.1. The van der Waals surface area contributed by atoms with Crippen molar-refractivity contribution in [3.05, 3.63) is 76.6 Å². The molecule has 2 aliphatic carbocycles. The van der Waals surface area contributed by atoms with E-state index in [1.165, 1.54) is 18.6 Å². The van der Waals surface area contributed by atoms with Crippen LogP contribution < -0.4 is 10.0 Å². The van der Waals surface area contributed by atoms with Gasteiger partial charge in [-0.1, -0.05) is 36.8 Å². The largest absolute Gasteiger partial charge is 0.619 e. The Kier molecular flexibility index (Phi) is 4.71. The molecular formula is C22H23N5O3. The van der Waals surface area contributed by atoms with Crippen molar-refractivity contribution in [2.24, 2.45) is 5.92 Å². The van der Waals surface area contributed by atoms with Gasteiger partial charge >= 0.3 is 0 Å². The van der Waals surface area contributed by atoms with Crippen LogP contribution in [0.3, 0.4) is 0 Å². The van der Waals surface area contributed by atoms with Crippen LogP contribution >= 0.6 is 0 Å². The van der Waals surface area contributed by atoms with Gasteiger partial charge in [-0.05, 0) is 30.7 Å². The fraction of sp³-hybridized carbons (Fsp3) is 0.364. The summed E-state index contributed by atoms with van der Waals surface area (Å²) in [6, 6.07) is 8.86. The molecule has 0 unspecified atom stereocenters. The molecule has 1 fully saturated rings. The van der Waals surface area contributed by atoms with Gasteiger partial charge in [-0.25, -0.2) is 9.67 Å². The van der Waals surface area contributed by atoms with Gasteiger partial charge in [-0.2, -0.15) is 9.83 Å². The molecule has 0 spiro atoms. The number of amides is 1. The minimum Gasteiger partial charge on any atom is -0.619 e. The van der Waals surface area contributed by atoms with Gasteiger partial charge in [0.15, 0.2) is 11.9 Å². The first-order chi connectivity index (χ1) is 14.7. The van der Waals surface area contributed by atoms with E-state index >= 15 is 0 Å². The minimum atomic E-state index is -0.515. The Hall–Kier alpha value is -3.26. The molecule has 3 atom stereocenters.